The van der Waals surface area contributed by atoms with Crippen LogP contribution in [0.3, 0.4) is 0 Å². The van der Waals surface area contributed by atoms with Gasteiger partial charge in [0.1, 0.15) is 6.61 Å². The SMILES string of the molecule is CC(C)(C)C(=O)OCC1COCS1.COC(=O)C(C)(C)C. The van der Waals surface area contributed by atoms with Crippen molar-refractivity contribution in [3.63, 3.8) is 0 Å². The Bertz CT molecular complexity index is 335. The van der Waals surface area contributed by atoms with Gasteiger partial charge in [-0.2, -0.15) is 0 Å². The molecule has 1 unspecified atom stereocenters. The van der Waals surface area contributed by atoms with Gasteiger partial charge in [0, 0.05) is 0 Å². The lowest BCUT2D eigenvalue weighted by atomic mass is 9.97. The molecule has 0 amide bonds. The van der Waals surface area contributed by atoms with E-state index >= 15 is 0 Å². The Labute approximate surface area is 132 Å². The zero-order chi connectivity index (χ0) is 16.7. The summed E-state index contributed by atoms with van der Waals surface area (Å²) in [5.74, 6) is 0.412. The van der Waals surface area contributed by atoms with Crippen molar-refractivity contribution in [2.45, 2.75) is 46.8 Å². The first-order chi connectivity index (χ1) is 9.48. The van der Waals surface area contributed by atoms with E-state index in [1.165, 1.54) is 7.11 Å². The molecule has 1 heterocycles. The van der Waals surface area contributed by atoms with Crippen molar-refractivity contribution in [2.24, 2.45) is 10.8 Å². The zero-order valence-electron chi connectivity index (χ0n) is 14.1. The minimum atomic E-state index is -0.399. The summed E-state index contributed by atoms with van der Waals surface area (Å²) >= 11 is 1.70. The fourth-order valence-corrected chi connectivity index (χ4v) is 1.90. The molecular formula is C15H28O5S. The standard InChI is InChI=1S/C9H16O3S.C6H12O2/c1-9(2,3)8(10)12-5-7-4-11-6-13-7;1-6(2,3)5(7)8-4/h7H,4-6H2,1-3H3;1-4H3. The highest BCUT2D eigenvalue weighted by Crippen LogP contribution is 2.21. The number of methoxy groups -OCH3 is 1. The predicted molar refractivity (Wildman–Crippen MR) is 84.1 cm³/mol. The fraction of sp³-hybridized carbons (Fsp3) is 0.867. The quantitative estimate of drug-likeness (QED) is 0.729. The van der Waals surface area contributed by atoms with Gasteiger partial charge in [0.05, 0.1) is 35.7 Å². The van der Waals surface area contributed by atoms with E-state index in [0.717, 1.165) is 5.94 Å². The van der Waals surface area contributed by atoms with E-state index in [9.17, 15) is 9.59 Å². The van der Waals surface area contributed by atoms with Crippen LogP contribution in [0.2, 0.25) is 0 Å². The van der Waals surface area contributed by atoms with E-state index in [-0.39, 0.29) is 17.4 Å². The number of ether oxygens (including phenoxy) is 3. The average molecular weight is 320 g/mol. The third-order valence-corrected chi connectivity index (χ3v) is 3.55. The van der Waals surface area contributed by atoms with E-state index in [4.69, 9.17) is 9.47 Å². The van der Waals surface area contributed by atoms with E-state index in [0.29, 0.717) is 18.5 Å². The maximum Gasteiger partial charge on any atom is 0.311 e. The predicted octanol–water partition coefficient (Wildman–Crippen LogP) is 2.87. The van der Waals surface area contributed by atoms with Gasteiger partial charge in [0.25, 0.3) is 0 Å². The first-order valence-corrected chi connectivity index (χ1v) is 7.98. The first-order valence-electron chi connectivity index (χ1n) is 6.93. The molecule has 124 valence electrons. The van der Waals surface area contributed by atoms with Crippen molar-refractivity contribution in [2.75, 3.05) is 26.3 Å². The molecule has 0 aromatic carbocycles. The molecule has 0 aliphatic carbocycles. The van der Waals surface area contributed by atoms with Gasteiger partial charge in [-0.3, -0.25) is 9.59 Å². The fourth-order valence-electron chi connectivity index (χ4n) is 1.16. The van der Waals surface area contributed by atoms with Gasteiger partial charge in [0.15, 0.2) is 0 Å². The molecule has 0 aromatic rings. The molecule has 1 fully saturated rings. The van der Waals surface area contributed by atoms with Crippen molar-refractivity contribution in [3.8, 4) is 0 Å². The second-order valence-electron chi connectivity index (χ2n) is 6.87. The molecule has 21 heavy (non-hydrogen) atoms. The highest BCUT2D eigenvalue weighted by molar-refractivity contribution is 8.00. The lowest BCUT2D eigenvalue weighted by molar-refractivity contribution is -0.153. The monoisotopic (exact) mass is 320 g/mol. The summed E-state index contributed by atoms with van der Waals surface area (Å²) in [6.45, 7) is 12.2. The van der Waals surface area contributed by atoms with Crippen LogP contribution in [-0.2, 0) is 23.8 Å². The molecule has 0 N–H and O–H groups in total. The van der Waals surface area contributed by atoms with E-state index in [1.54, 1.807) is 11.8 Å². The van der Waals surface area contributed by atoms with E-state index < -0.39 is 5.41 Å². The summed E-state index contributed by atoms with van der Waals surface area (Å²) in [5, 5.41) is 0.325. The van der Waals surface area contributed by atoms with Gasteiger partial charge >= 0.3 is 11.9 Å². The van der Waals surface area contributed by atoms with Crippen molar-refractivity contribution >= 4 is 23.7 Å². The molecule has 0 bridgehead atoms. The van der Waals surface area contributed by atoms with Gasteiger partial charge in [-0.15, -0.1) is 11.8 Å². The third-order valence-electron chi connectivity index (χ3n) is 2.50. The summed E-state index contributed by atoms with van der Waals surface area (Å²) < 4.78 is 14.8. The molecule has 0 spiro atoms. The largest absolute Gasteiger partial charge is 0.469 e. The normalized spacial score (nSPS) is 18.5. The summed E-state index contributed by atoms with van der Waals surface area (Å²) in [6, 6.07) is 0. The second kappa shape index (κ2) is 8.63. The Kier molecular flexibility index (Phi) is 8.33. The first kappa shape index (κ1) is 20.2. The van der Waals surface area contributed by atoms with Crippen LogP contribution in [-0.4, -0.2) is 43.5 Å². The number of esters is 2. The maximum atomic E-state index is 11.3. The lowest BCUT2D eigenvalue weighted by Gasteiger charge is -2.17. The Morgan fingerprint density at radius 1 is 1.10 bits per heavy atom. The van der Waals surface area contributed by atoms with Crippen molar-refractivity contribution < 1.29 is 23.8 Å². The van der Waals surface area contributed by atoms with Crippen LogP contribution in [0.1, 0.15) is 41.5 Å². The van der Waals surface area contributed by atoms with Gasteiger partial charge in [-0.1, -0.05) is 0 Å². The third kappa shape index (κ3) is 8.98. The number of thioether (sulfide) groups is 1. The zero-order valence-corrected chi connectivity index (χ0v) is 15.0. The van der Waals surface area contributed by atoms with Gasteiger partial charge in [0.2, 0.25) is 0 Å². The minimum Gasteiger partial charge on any atom is -0.469 e. The number of rotatable bonds is 2. The number of carbonyl (C=O) groups excluding carboxylic acids is 2. The van der Waals surface area contributed by atoms with Crippen LogP contribution < -0.4 is 0 Å². The molecule has 1 aliphatic rings. The van der Waals surface area contributed by atoms with Crippen molar-refractivity contribution in [3.05, 3.63) is 0 Å². The highest BCUT2D eigenvalue weighted by Gasteiger charge is 2.25. The Morgan fingerprint density at radius 2 is 1.62 bits per heavy atom. The lowest BCUT2D eigenvalue weighted by Crippen LogP contribution is -2.26. The maximum absolute atomic E-state index is 11.3. The van der Waals surface area contributed by atoms with Crippen LogP contribution in [0, 0.1) is 10.8 Å². The summed E-state index contributed by atoms with van der Waals surface area (Å²) in [6.07, 6.45) is 0. The molecule has 1 aliphatic heterocycles. The molecule has 0 radical (unpaired) electrons. The highest BCUT2D eigenvalue weighted by atomic mass is 32.2. The Morgan fingerprint density at radius 3 is 1.90 bits per heavy atom. The number of hydrogen-bond acceptors (Lipinski definition) is 6. The number of carbonyl (C=O) groups is 2. The topological polar surface area (TPSA) is 61.8 Å². The van der Waals surface area contributed by atoms with Crippen LogP contribution >= 0.6 is 11.8 Å². The molecule has 6 heteroatoms. The van der Waals surface area contributed by atoms with E-state index in [1.807, 2.05) is 41.5 Å². The summed E-state index contributed by atoms with van der Waals surface area (Å²) in [7, 11) is 1.40. The smallest absolute Gasteiger partial charge is 0.311 e. The molecule has 1 rings (SSSR count). The van der Waals surface area contributed by atoms with E-state index in [2.05, 4.69) is 4.74 Å². The molecule has 0 aromatic heterocycles. The van der Waals surface area contributed by atoms with Gasteiger partial charge in [-0.05, 0) is 41.5 Å². The van der Waals surface area contributed by atoms with Crippen LogP contribution in [0.15, 0.2) is 0 Å². The number of hydrogen-bond donors (Lipinski definition) is 0. The minimum absolute atomic E-state index is 0.139. The Balaban J connectivity index is 0.000000433. The van der Waals surface area contributed by atoms with Crippen molar-refractivity contribution in [1.29, 1.82) is 0 Å². The summed E-state index contributed by atoms with van der Waals surface area (Å²) in [5.41, 5.74) is -0.751. The van der Waals surface area contributed by atoms with Gasteiger partial charge in [-0.25, -0.2) is 0 Å². The van der Waals surface area contributed by atoms with Crippen molar-refractivity contribution in [1.82, 2.24) is 0 Å². The Hall–Kier alpha value is -0.750. The van der Waals surface area contributed by atoms with Crippen LogP contribution in [0.5, 0.6) is 0 Å². The molecule has 1 atom stereocenters. The summed E-state index contributed by atoms with van der Waals surface area (Å²) in [4.78, 5) is 22.0. The van der Waals surface area contributed by atoms with Crippen LogP contribution in [0.25, 0.3) is 0 Å². The average Bonchev–Trinajstić information content (AvgIpc) is 2.86. The van der Waals surface area contributed by atoms with Gasteiger partial charge < -0.3 is 14.2 Å². The van der Waals surface area contributed by atoms with Crippen LogP contribution in [0.4, 0.5) is 0 Å². The molecule has 5 nitrogen and oxygen atoms in total. The second-order valence-corrected chi connectivity index (χ2v) is 8.10. The molecule has 1 saturated heterocycles. The molecule has 0 saturated carbocycles. The molecular weight excluding hydrogens is 292 g/mol.